The van der Waals surface area contributed by atoms with Gasteiger partial charge in [0.1, 0.15) is 22.9 Å². The average Bonchev–Trinajstić information content (AvgIpc) is 3.23. The van der Waals surface area contributed by atoms with Crippen molar-refractivity contribution in [3.63, 3.8) is 0 Å². The van der Waals surface area contributed by atoms with Gasteiger partial charge in [-0.15, -0.1) is 0 Å². The summed E-state index contributed by atoms with van der Waals surface area (Å²) in [5.41, 5.74) is 2.26. The minimum absolute atomic E-state index is 0.143. The van der Waals surface area contributed by atoms with Crippen LogP contribution in [0.2, 0.25) is 5.15 Å². The predicted molar refractivity (Wildman–Crippen MR) is 98.8 cm³/mol. The standard InChI is InChI=1S/C10H6ClFN4.C8H8BFO2/c11-10-7(1-8(12)3-14-10)4-16-5-9(2-13)15-6-16;1-5-7-3-2-6(10)4-8(7)9(11)12-5/h1,3,5-6H,4H2;2-5,11H,1H3. The molecule has 0 radical (unpaired) electrons. The van der Waals surface area contributed by atoms with E-state index in [0.29, 0.717) is 23.3 Å². The van der Waals surface area contributed by atoms with E-state index < -0.39 is 12.9 Å². The molecule has 1 unspecified atom stereocenters. The number of fused-ring (bicyclic) bond motifs is 1. The van der Waals surface area contributed by atoms with Gasteiger partial charge in [0, 0.05) is 11.8 Å². The molecule has 0 saturated carbocycles. The van der Waals surface area contributed by atoms with Crippen molar-refractivity contribution in [1.82, 2.24) is 14.5 Å². The van der Waals surface area contributed by atoms with E-state index in [-0.39, 0.29) is 17.1 Å². The number of pyridine rings is 1. The molecule has 0 bridgehead atoms. The SMILES string of the molecule is CC1OB(O)c2cc(F)ccc21.N#Cc1cn(Cc2cc(F)cnc2Cl)cn1. The van der Waals surface area contributed by atoms with Crippen LogP contribution in [-0.2, 0) is 11.2 Å². The van der Waals surface area contributed by atoms with E-state index >= 15 is 0 Å². The van der Waals surface area contributed by atoms with Gasteiger partial charge in [-0.25, -0.2) is 18.7 Å². The highest BCUT2D eigenvalue weighted by Crippen LogP contribution is 2.22. The van der Waals surface area contributed by atoms with Crippen LogP contribution < -0.4 is 5.46 Å². The molecule has 0 aliphatic carbocycles. The van der Waals surface area contributed by atoms with Crippen LogP contribution in [-0.4, -0.2) is 26.7 Å². The first-order chi connectivity index (χ1) is 13.4. The first kappa shape index (κ1) is 20.0. The molecule has 28 heavy (non-hydrogen) atoms. The van der Waals surface area contributed by atoms with Gasteiger partial charge < -0.3 is 14.2 Å². The van der Waals surface area contributed by atoms with E-state index in [1.807, 2.05) is 13.0 Å². The van der Waals surface area contributed by atoms with Gasteiger partial charge in [0.25, 0.3) is 0 Å². The lowest BCUT2D eigenvalue weighted by Gasteiger charge is -2.03. The van der Waals surface area contributed by atoms with Crippen LogP contribution in [0.25, 0.3) is 0 Å². The summed E-state index contributed by atoms with van der Waals surface area (Å²) < 4.78 is 32.3. The Bertz CT molecular complexity index is 1040. The van der Waals surface area contributed by atoms with Gasteiger partial charge in [0.05, 0.1) is 25.2 Å². The largest absolute Gasteiger partial charge is 0.492 e. The minimum atomic E-state index is -0.967. The van der Waals surface area contributed by atoms with Crippen LogP contribution in [0.5, 0.6) is 0 Å². The summed E-state index contributed by atoms with van der Waals surface area (Å²) in [5.74, 6) is -0.787. The maximum absolute atomic E-state index is 12.9. The average molecular weight is 403 g/mol. The van der Waals surface area contributed by atoms with Crippen molar-refractivity contribution < 1.29 is 18.5 Å². The number of hydrogen-bond donors (Lipinski definition) is 1. The Kier molecular flexibility index (Phi) is 6.04. The zero-order chi connectivity index (χ0) is 20.3. The maximum Gasteiger partial charge on any atom is 0.492 e. The van der Waals surface area contributed by atoms with Crippen LogP contribution in [0, 0.1) is 23.0 Å². The van der Waals surface area contributed by atoms with Crippen LogP contribution in [0.15, 0.2) is 43.0 Å². The number of imidazole rings is 1. The van der Waals surface area contributed by atoms with Gasteiger partial charge in [-0.3, -0.25) is 0 Å². The highest BCUT2D eigenvalue weighted by Gasteiger charge is 2.32. The molecule has 1 atom stereocenters. The van der Waals surface area contributed by atoms with Gasteiger partial charge >= 0.3 is 7.12 Å². The molecule has 1 aromatic carbocycles. The fraction of sp³-hybridized carbons (Fsp3) is 0.167. The second-order valence-corrected chi connectivity index (χ2v) is 6.41. The molecule has 1 N–H and O–H groups in total. The zero-order valence-electron chi connectivity index (χ0n) is 14.7. The van der Waals surface area contributed by atoms with Crippen LogP contribution in [0.1, 0.15) is 29.8 Å². The third-order valence-electron chi connectivity index (χ3n) is 4.06. The summed E-state index contributed by atoms with van der Waals surface area (Å²) in [6.45, 7) is 2.16. The molecule has 3 aromatic rings. The summed E-state index contributed by atoms with van der Waals surface area (Å²) in [4.78, 5) is 7.52. The molecule has 4 rings (SSSR count). The van der Waals surface area contributed by atoms with E-state index in [9.17, 15) is 13.8 Å². The van der Waals surface area contributed by atoms with Crippen LogP contribution in [0.3, 0.4) is 0 Å². The van der Waals surface area contributed by atoms with Gasteiger partial charge in [0.2, 0.25) is 0 Å². The first-order valence-corrected chi connectivity index (χ1v) is 8.60. The third-order valence-corrected chi connectivity index (χ3v) is 4.41. The summed E-state index contributed by atoms with van der Waals surface area (Å²) in [6.07, 6.45) is 3.96. The minimum Gasteiger partial charge on any atom is -0.423 e. The Morgan fingerprint density at radius 1 is 1.32 bits per heavy atom. The van der Waals surface area contributed by atoms with E-state index in [4.69, 9.17) is 21.5 Å². The Balaban J connectivity index is 0.000000167. The Morgan fingerprint density at radius 2 is 2.11 bits per heavy atom. The van der Waals surface area contributed by atoms with E-state index in [1.165, 1.54) is 24.5 Å². The lowest BCUT2D eigenvalue weighted by atomic mass is 9.79. The number of nitrogens with zero attached hydrogens (tertiary/aromatic N) is 4. The highest BCUT2D eigenvalue weighted by molar-refractivity contribution is 6.61. The third kappa shape index (κ3) is 4.54. The molecule has 1 aliphatic heterocycles. The number of rotatable bonds is 2. The molecular weight excluding hydrogens is 388 g/mol. The second-order valence-electron chi connectivity index (χ2n) is 6.05. The molecule has 1 aliphatic rings. The summed E-state index contributed by atoms with van der Waals surface area (Å²) in [6, 6.07) is 7.54. The smallest absolute Gasteiger partial charge is 0.423 e. The fourth-order valence-corrected chi connectivity index (χ4v) is 2.91. The van der Waals surface area contributed by atoms with Crippen LogP contribution in [0.4, 0.5) is 8.78 Å². The normalized spacial score (nSPS) is 14.9. The molecule has 2 aromatic heterocycles. The van der Waals surface area contributed by atoms with E-state index in [1.54, 1.807) is 16.8 Å². The van der Waals surface area contributed by atoms with Crippen LogP contribution >= 0.6 is 11.6 Å². The summed E-state index contributed by atoms with van der Waals surface area (Å²) in [7, 11) is -0.967. The Morgan fingerprint density at radius 3 is 2.82 bits per heavy atom. The molecule has 142 valence electrons. The van der Waals surface area contributed by atoms with Crippen molar-refractivity contribution in [3.05, 3.63) is 76.6 Å². The quantitative estimate of drug-likeness (QED) is 0.526. The molecule has 0 saturated heterocycles. The summed E-state index contributed by atoms with van der Waals surface area (Å²) in [5, 5.41) is 18.1. The van der Waals surface area contributed by atoms with Crippen molar-refractivity contribution >= 4 is 24.2 Å². The fourth-order valence-electron chi connectivity index (χ4n) is 2.75. The number of hydrogen-bond acceptors (Lipinski definition) is 5. The van der Waals surface area contributed by atoms with E-state index in [2.05, 4.69) is 9.97 Å². The van der Waals surface area contributed by atoms with Gasteiger partial charge in [-0.2, -0.15) is 5.26 Å². The number of nitriles is 1. The molecule has 10 heteroatoms. The van der Waals surface area contributed by atoms with Gasteiger partial charge in [-0.05, 0) is 36.1 Å². The molecule has 3 heterocycles. The zero-order valence-corrected chi connectivity index (χ0v) is 15.4. The molecular formula is C18H14BClF2N4O2. The molecule has 0 spiro atoms. The summed E-state index contributed by atoms with van der Waals surface area (Å²) >= 11 is 5.81. The second kappa shape index (κ2) is 8.48. The molecule has 6 nitrogen and oxygen atoms in total. The van der Waals surface area contributed by atoms with Gasteiger partial charge in [-0.1, -0.05) is 17.7 Å². The maximum atomic E-state index is 12.9. The Labute approximate surface area is 165 Å². The van der Waals surface area contributed by atoms with Crippen molar-refractivity contribution in [2.45, 2.75) is 19.6 Å². The van der Waals surface area contributed by atoms with Crippen molar-refractivity contribution in [3.8, 4) is 6.07 Å². The lowest BCUT2D eigenvalue weighted by Crippen LogP contribution is -2.28. The first-order valence-electron chi connectivity index (χ1n) is 8.22. The molecule has 0 amide bonds. The predicted octanol–water partition coefficient (Wildman–Crippen LogP) is 2.59. The lowest BCUT2D eigenvalue weighted by molar-refractivity contribution is 0.209. The topological polar surface area (TPSA) is 84.0 Å². The molecule has 0 fully saturated rings. The Hall–Kier alpha value is -2.80. The van der Waals surface area contributed by atoms with Crippen molar-refractivity contribution in [1.29, 1.82) is 5.26 Å². The highest BCUT2D eigenvalue weighted by atomic mass is 35.5. The monoisotopic (exact) mass is 402 g/mol. The van der Waals surface area contributed by atoms with Crippen molar-refractivity contribution in [2.75, 3.05) is 0 Å². The van der Waals surface area contributed by atoms with Crippen molar-refractivity contribution in [2.24, 2.45) is 0 Å². The van der Waals surface area contributed by atoms with Gasteiger partial charge in [0.15, 0.2) is 5.69 Å². The number of aromatic nitrogens is 3. The van der Waals surface area contributed by atoms with E-state index in [0.717, 1.165) is 11.8 Å². The number of benzene rings is 1. The number of halogens is 3.